The van der Waals surface area contributed by atoms with Crippen molar-refractivity contribution >= 4 is 0 Å². The van der Waals surface area contributed by atoms with Crippen LogP contribution in [0.15, 0.2) is 23.3 Å². The van der Waals surface area contributed by atoms with Gasteiger partial charge in [0.25, 0.3) is 5.56 Å². The molecule has 6 nitrogen and oxygen atoms in total. The van der Waals surface area contributed by atoms with E-state index >= 15 is 0 Å². The molecule has 134 valence electrons. The first-order chi connectivity index (χ1) is 12.2. The van der Waals surface area contributed by atoms with Crippen LogP contribution < -0.4 is 5.56 Å². The molecule has 0 spiro atoms. The zero-order valence-corrected chi connectivity index (χ0v) is 15.0. The number of aromatic nitrogens is 4. The van der Waals surface area contributed by atoms with E-state index in [-0.39, 0.29) is 5.56 Å². The number of rotatable bonds is 5. The van der Waals surface area contributed by atoms with Gasteiger partial charge in [-0.2, -0.15) is 5.10 Å². The van der Waals surface area contributed by atoms with Gasteiger partial charge < -0.3 is 4.57 Å². The van der Waals surface area contributed by atoms with Gasteiger partial charge in [-0.05, 0) is 50.6 Å². The van der Waals surface area contributed by atoms with Gasteiger partial charge in [-0.25, -0.2) is 9.67 Å². The van der Waals surface area contributed by atoms with Crippen LogP contribution in [0.5, 0.6) is 0 Å². The third-order valence-corrected chi connectivity index (χ3v) is 5.70. The second-order valence-corrected chi connectivity index (χ2v) is 7.38. The molecule has 3 heterocycles. The summed E-state index contributed by atoms with van der Waals surface area (Å²) in [5.41, 5.74) is 2.38. The quantitative estimate of drug-likeness (QED) is 0.828. The molecule has 0 amide bonds. The standard InChI is InChI=1S/C19H27N5O/c1-22-12-9-20-18(22)8-11-23-10-4-6-16(23)14-24-19(25)13-15-5-2-3-7-17(15)21-24/h9,12-13,16H,2-8,10-11,14H2,1H3. The summed E-state index contributed by atoms with van der Waals surface area (Å²) >= 11 is 0. The Labute approximate surface area is 148 Å². The third-order valence-electron chi connectivity index (χ3n) is 5.70. The van der Waals surface area contributed by atoms with Gasteiger partial charge in [0.15, 0.2) is 0 Å². The van der Waals surface area contributed by atoms with Crippen LogP contribution in [0.1, 0.15) is 42.8 Å². The number of imidazole rings is 1. The SMILES string of the molecule is Cn1ccnc1CCN1CCCC1Cn1nc2c(cc1=O)CCCC2. The van der Waals surface area contributed by atoms with Crippen molar-refractivity contribution in [3.8, 4) is 0 Å². The highest BCUT2D eigenvalue weighted by molar-refractivity contribution is 5.20. The van der Waals surface area contributed by atoms with E-state index in [1.165, 1.54) is 24.8 Å². The minimum absolute atomic E-state index is 0.0663. The number of aryl methyl sites for hydroxylation is 3. The van der Waals surface area contributed by atoms with Gasteiger partial charge in [0, 0.05) is 44.5 Å². The lowest BCUT2D eigenvalue weighted by Gasteiger charge is -2.25. The summed E-state index contributed by atoms with van der Waals surface area (Å²) in [4.78, 5) is 19.4. The van der Waals surface area contributed by atoms with E-state index < -0.39 is 0 Å². The van der Waals surface area contributed by atoms with E-state index in [0.717, 1.165) is 50.3 Å². The Balaban J connectivity index is 1.44. The Morgan fingerprint density at radius 2 is 2.12 bits per heavy atom. The smallest absolute Gasteiger partial charge is 0.267 e. The fourth-order valence-corrected chi connectivity index (χ4v) is 4.21. The first kappa shape index (κ1) is 16.5. The highest BCUT2D eigenvalue weighted by Crippen LogP contribution is 2.20. The van der Waals surface area contributed by atoms with Crippen LogP contribution in [-0.2, 0) is 32.9 Å². The molecule has 1 fully saturated rings. The van der Waals surface area contributed by atoms with Crippen molar-refractivity contribution in [2.45, 2.75) is 57.5 Å². The molecule has 6 heteroatoms. The van der Waals surface area contributed by atoms with Crippen molar-refractivity contribution in [3.05, 3.63) is 45.9 Å². The van der Waals surface area contributed by atoms with Crippen molar-refractivity contribution in [1.29, 1.82) is 0 Å². The van der Waals surface area contributed by atoms with Crippen LogP contribution in [-0.4, -0.2) is 43.4 Å². The zero-order valence-electron chi connectivity index (χ0n) is 15.0. The van der Waals surface area contributed by atoms with Crippen molar-refractivity contribution in [1.82, 2.24) is 24.2 Å². The molecule has 2 aliphatic rings. The molecule has 0 radical (unpaired) electrons. The maximum Gasteiger partial charge on any atom is 0.267 e. The topological polar surface area (TPSA) is 56.0 Å². The summed E-state index contributed by atoms with van der Waals surface area (Å²) < 4.78 is 3.80. The maximum atomic E-state index is 12.4. The van der Waals surface area contributed by atoms with Crippen molar-refractivity contribution < 1.29 is 0 Å². The number of likely N-dealkylation sites (tertiary alicyclic amines) is 1. The molecule has 1 atom stereocenters. The Kier molecular flexibility index (Phi) is 4.70. The normalized spacial score (nSPS) is 20.8. The molecule has 2 aromatic rings. The molecular formula is C19H27N5O. The monoisotopic (exact) mass is 341 g/mol. The van der Waals surface area contributed by atoms with E-state index in [1.807, 2.05) is 25.5 Å². The van der Waals surface area contributed by atoms with E-state index in [2.05, 4.69) is 14.5 Å². The first-order valence-corrected chi connectivity index (χ1v) is 9.51. The number of fused-ring (bicyclic) bond motifs is 1. The van der Waals surface area contributed by atoms with Gasteiger partial charge >= 0.3 is 0 Å². The van der Waals surface area contributed by atoms with E-state index in [1.54, 1.807) is 4.68 Å². The third kappa shape index (κ3) is 3.54. The highest BCUT2D eigenvalue weighted by Gasteiger charge is 2.26. The van der Waals surface area contributed by atoms with E-state index in [9.17, 15) is 4.79 Å². The summed E-state index contributed by atoms with van der Waals surface area (Å²) in [5.74, 6) is 1.12. The summed E-state index contributed by atoms with van der Waals surface area (Å²) in [5, 5.41) is 4.70. The van der Waals surface area contributed by atoms with E-state index in [0.29, 0.717) is 12.6 Å². The molecule has 25 heavy (non-hydrogen) atoms. The molecule has 0 N–H and O–H groups in total. The van der Waals surface area contributed by atoms with Crippen LogP contribution in [0.25, 0.3) is 0 Å². The molecule has 1 aliphatic carbocycles. The number of hydrogen-bond acceptors (Lipinski definition) is 4. The highest BCUT2D eigenvalue weighted by atomic mass is 16.1. The van der Waals surface area contributed by atoms with Crippen molar-refractivity contribution in [2.24, 2.45) is 7.05 Å². The maximum absolute atomic E-state index is 12.4. The van der Waals surface area contributed by atoms with Crippen LogP contribution in [0.3, 0.4) is 0 Å². The molecule has 1 unspecified atom stereocenters. The largest absolute Gasteiger partial charge is 0.338 e. The van der Waals surface area contributed by atoms with Gasteiger partial charge in [0.2, 0.25) is 0 Å². The van der Waals surface area contributed by atoms with Gasteiger partial charge in [0.05, 0.1) is 12.2 Å². The second-order valence-electron chi connectivity index (χ2n) is 7.38. The molecule has 0 aromatic carbocycles. The van der Waals surface area contributed by atoms with Crippen molar-refractivity contribution in [2.75, 3.05) is 13.1 Å². The Morgan fingerprint density at radius 1 is 1.24 bits per heavy atom. The lowest BCUT2D eigenvalue weighted by atomic mass is 9.97. The van der Waals surface area contributed by atoms with Gasteiger partial charge in [-0.1, -0.05) is 0 Å². The summed E-state index contributed by atoms with van der Waals surface area (Å²) in [7, 11) is 2.04. The van der Waals surface area contributed by atoms with Gasteiger partial charge in [-0.3, -0.25) is 9.69 Å². The summed E-state index contributed by atoms with van der Waals surface area (Å²) in [6.45, 7) is 2.82. The Hall–Kier alpha value is -1.95. The fourth-order valence-electron chi connectivity index (χ4n) is 4.21. The van der Waals surface area contributed by atoms with E-state index in [4.69, 9.17) is 5.10 Å². The molecule has 1 aliphatic heterocycles. The second kappa shape index (κ2) is 7.12. The van der Waals surface area contributed by atoms with Gasteiger partial charge in [0.1, 0.15) is 5.82 Å². The van der Waals surface area contributed by atoms with Crippen LogP contribution >= 0.6 is 0 Å². The lowest BCUT2D eigenvalue weighted by Crippen LogP contribution is -2.38. The molecule has 1 saturated heterocycles. The molecule has 0 saturated carbocycles. The lowest BCUT2D eigenvalue weighted by molar-refractivity contribution is 0.224. The molecule has 4 rings (SSSR count). The predicted octanol–water partition coefficient (Wildman–Crippen LogP) is 1.56. The molecule has 0 bridgehead atoms. The average Bonchev–Trinajstić information content (AvgIpc) is 3.22. The Morgan fingerprint density at radius 3 is 2.96 bits per heavy atom. The van der Waals surface area contributed by atoms with Gasteiger partial charge in [-0.15, -0.1) is 0 Å². The van der Waals surface area contributed by atoms with Crippen molar-refractivity contribution in [3.63, 3.8) is 0 Å². The molecule has 2 aromatic heterocycles. The fraction of sp³-hybridized carbons (Fsp3) is 0.632. The number of hydrogen-bond donors (Lipinski definition) is 0. The van der Waals surface area contributed by atoms with Crippen LogP contribution in [0.2, 0.25) is 0 Å². The first-order valence-electron chi connectivity index (χ1n) is 9.51. The average molecular weight is 341 g/mol. The minimum Gasteiger partial charge on any atom is -0.338 e. The van der Waals surface area contributed by atoms with Crippen LogP contribution in [0.4, 0.5) is 0 Å². The molecular weight excluding hydrogens is 314 g/mol. The summed E-state index contributed by atoms with van der Waals surface area (Å²) in [6.07, 6.45) is 11.5. The minimum atomic E-state index is 0.0663. The Bertz CT molecular complexity index is 793. The zero-order chi connectivity index (χ0) is 17.2. The number of nitrogens with zero attached hydrogens (tertiary/aromatic N) is 5. The predicted molar refractivity (Wildman–Crippen MR) is 96.6 cm³/mol. The van der Waals surface area contributed by atoms with Crippen LogP contribution in [0, 0.1) is 0 Å². The summed E-state index contributed by atoms with van der Waals surface area (Å²) in [6, 6.07) is 2.24.